The number of carbonyl (C=O) groups is 2. The number of imide groups is 1. The number of nitrogens with one attached hydrogen (secondary N) is 1. The van der Waals surface area contributed by atoms with Crippen molar-refractivity contribution in [2.24, 2.45) is 5.41 Å². The van der Waals surface area contributed by atoms with E-state index in [0.717, 1.165) is 12.8 Å². The van der Waals surface area contributed by atoms with Gasteiger partial charge in [0.15, 0.2) is 0 Å². The van der Waals surface area contributed by atoms with Gasteiger partial charge in [-0.1, -0.05) is 13.3 Å². The summed E-state index contributed by atoms with van der Waals surface area (Å²) in [6.45, 7) is 4.00. The van der Waals surface area contributed by atoms with Gasteiger partial charge in [-0.05, 0) is 13.3 Å². The van der Waals surface area contributed by atoms with Crippen molar-refractivity contribution in [3.8, 4) is 0 Å². The number of carbonyl (C=O) groups excluding carboxylic acids is 2. The van der Waals surface area contributed by atoms with Gasteiger partial charge in [0.25, 0.3) is 0 Å². The van der Waals surface area contributed by atoms with Gasteiger partial charge in [-0.3, -0.25) is 10.1 Å². The van der Waals surface area contributed by atoms with Crippen molar-refractivity contribution in [3.63, 3.8) is 0 Å². The first kappa shape index (κ1) is 9.03. The first-order valence-electron chi connectivity index (χ1n) is 4.07. The van der Waals surface area contributed by atoms with E-state index in [1.54, 1.807) is 6.92 Å². The first-order chi connectivity index (χ1) is 5.58. The minimum absolute atomic E-state index is 0.200. The monoisotopic (exact) mass is 171 g/mol. The second-order valence-electron chi connectivity index (χ2n) is 3.34. The molecule has 0 aromatic carbocycles. The first-order valence-corrected chi connectivity index (χ1v) is 4.07. The quantitative estimate of drug-likeness (QED) is 0.675. The van der Waals surface area contributed by atoms with Gasteiger partial charge in [0, 0.05) is 0 Å². The Hall–Kier alpha value is -1.06. The lowest BCUT2D eigenvalue weighted by atomic mass is 9.85. The molecule has 68 valence electrons. The van der Waals surface area contributed by atoms with Crippen LogP contribution >= 0.6 is 0 Å². The zero-order valence-corrected chi connectivity index (χ0v) is 7.35. The van der Waals surface area contributed by atoms with Gasteiger partial charge >= 0.3 is 6.09 Å². The molecule has 1 fully saturated rings. The molecule has 1 unspecified atom stereocenters. The number of hydrogen-bond donors (Lipinski definition) is 1. The van der Waals surface area contributed by atoms with Crippen LogP contribution in [0.5, 0.6) is 0 Å². The summed E-state index contributed by atoms with van der Waals surface area (Å²) in [7, 11) is 0. The highest BCUT2D eigenvalue weighted by molar-refractivity contribution is 5.97. The standard InChI is InChI=1S/C8H13NO3/c1-3-4-8(2)5-12-7(11)9-6(8)10/h3-5H2,1-2H3,(H,9,10,11). The fraction of sp³-hybridized carbons (Fsp3) is 0.750. The van der Waals surface area contributed by atoms with Crippen molar-refractivity contribution >= 4 is 12.0 Å². The Morgan fingerprint density at radius 1 is 1.58 bits per heavy atom. The highest BCUT2D eigenvalue weighted by atomic mass is 16.6. The Morgan fingerprint density at radius 2 is 2.25 bits per heavy atom. The van der Waals surface area contributed by atoms with E-state index in [2.05, 4.69) is 5.32 Å². The number of ether oxygens (including phenoxy) is 1. The van der Waals surface area contributed by atoms with Crippen molar-refractivity contribution in [1.29, 1.82) is 0 Å². The Labute approximate surface area is 71.3 Å². The molecule has 0 bridgehead atoms. The normalized spacial score (nSPS) is 29.5. The van der Waals surface area contributed by atoms with E-state index >= 15 is 0 Å². The van der Waals surface area contributed by atoms with Crippen molar-refractivity contribution in [2.45, 2.75) is 26.7 Å². The molecule has 1 aliphatic heterocycles. The van der Waals surface area contributed by atoms with Crippen LogP contribution in [0, 0.1) is 5.41 Å². The minimum Gasteiger partial charge on any atom is -0.448 e. The van der Waals surface area contributed by atoms with Crippen LogP contribution in [0.25, 0.3) is 0 Å². The summed E-state index contributed by atoms with van der Waals surface area (Å²) in [4.78, 5) is 21.9. The number of hydrogen-bond acceptors (Lipinski definition) is 3. The zero-order valence-electron chi connectivity index (χ0n) is 7.35. The van der Waals surface area contributed by atoms with Crippen molar-refractivity contribution < 1.29 is 14.3 Å². The summed E-state index contributed by atoms with van der Waals surface area (Å²) in [5, 5.41) is 2.15. The smallest absolute Gasteiger partial charge is 0.413 e. The average Bonchev–Trinajstić information content (AvgIpc) is 1.99. The van der Waals surface area contributed by atoms with Gasteiger partial charge in [-0.25, -0.2) is 4.79 Å². The largest absolute Gasteiger partial charge is 0.448 e. The van der Waals surface area contributed by atoms with E-state index in [1.807, 2.05) is 6.92 Å². The predicted octanol–water partition coefficient (Wildman–Crippen LogP) is 1.06. The molecule has 0 spiro atoms. The molecule has 1 heterocycles. The molecule has 1 atom stereocenters. The molecule has 0 saturated carbocycles. The molecule has 12 heavy (non-hydrogen) atoms. The maximum atomic E-state index is 11.3. The zero-order chi connectivity index (χ0) is 9.19. The van der Waals surface area contributed by atoms with Gasteiger partial charge < -0.3 is 4.74 Å². The molecule has 2 amide bonds. The van der Waals surface area contributed by atoms with E-state index in [-0.39, 0.29) is 12.5 Å². The number of amides is 2. The van der Waals surface area contributed by atoms with Crippen molar-refractivity contribution in [2.75, 3.05) is 6.61 Å². The third kappa shape index (κ3) is 1.57. The fourth-order valence-electron chi connectivity index (χ4n) is 1.31. The van der Waals surface area contributed by atoms with Crippen LogP contribution in [-0.4, -0.2) is 18.6 Å². The van der Waals surface area contributed by atoms with Crippen LogP contribution in [-0.2, 0) is 9.53 Å². The predicted molar refractivity (Wildman–Crippen MR) is 42.5 cm³/mol. The summed E-state index contributed by atoms with van der Waals surface area (Å²) in [5.41, 5.74) is -0.525. The second kappa shape index (κ2) is 3.13. The molecule has 1 rings (SSSR count). The highest BCUT2D eigenvalue weighted by Gasteiger charge is 2.38. The van der Waals surface area contributed by atoms with Gasteiger partial charge in [0.05, 0.1) is 5.41 Å². The molecule has 4 heteroatoms. The van der Waals surface area contributed by atoms with E-state index in [1.165, 1.54) is 0 Å². The molecule has 1 N–H and O–H groups in total. The third-order valence-corrected chi connectivity index (χ3v) is 2.09. The molecule has 0 radical (unpaired) electrons. The summed E-state index contributed by atoms with van der Waals surface area (Å²) in [6.07, 6.45) is 1.02. The highest BCUT2D eigenvalue weighted by Crippen LogP contribution is 2.26. The van der Waals surface area contributed by atoms with Gasteiger partial charge in [0.2, 0.25) is 5.91 Å². The lowest BCUT2D eigenvalue weighted by molar-refractivity contribution is -0.135. The number of cyclic esters (lactones) is 1. The number of rotatable bonds is 2. The van der Waals surface area contributed by atoms with E-state index in [9.17, 15) is 9.59 Å². The van der Waals surface area contributed by atoms with Crippen molar-refractivity contribution in [1.82, 2.24) is 5.32 Å². The Bertz CT molecular complexity index is 214. The Morgan fingerprint density at radius 3 is 2.75 bits per heavy atom. The van der Waals surface area contributed by atoms with E-state index in [0.29, 0.717) is 0 Å². The Kier molecular flexibility index (Phi) is 2.35. The number of alkyl carbamates (subject to hydrolysis) is 1. The molecule has 1 aliphatic rings. The van der Waals surface area contributed by atoms with Crippen LogP contribution in [0.2, 0.25) is 0 Å². The van der Waals surface area contributed by atoms with Crippen LogP contribution in [0.3, 0.4) is 0 Å². The molecule has 1 saturated heterocycles. The SMILES string of the molecule is CCCC1(C)COC(=O)NC1=O. The fourth-order valence-corrected chi connectivity index (χ4v) is 1.31. The van der Waals surface area contributed by atoms with Gasteiger partial charge in [-0.2, -0.15) is 0 Å². The summed E-state index contributed by atoms with van der Waals surface area (Å²) < 4.78 is 4.75. The van der Waals surface area contributed by atoms with E-state index in [4.69, 9.17) is 4.74 Å². The summed E-state index contributed by atoms with van der Waals surface area (Å²) >= 11 is 0. The Balaban J connectivity index is 2.66. The van der Waals surface area contributed by atoms with Gasteiger partial charge in [-0.15, -0.1) is 0 Å². The van der Waals surface area contributed by atoms with Crippen LogP contribution in [0.4, 0.5) is 4.79 Å². The average molecular weight is 171 g/mol. The molecular weight excluding hydrogens is 158 g/mol. The topological polar surface area (TPSA) is 55.4 Å². The van der Waals surface area contributed by atoms with Crippen LogP contribution < -0.4 is 5.32 Å². The second-order valence-corrected chi connectivity index (χ2v) is 3.34. The minimum atomic E-state index is -0.631. The van der Waals surface area contributed by atoms with E-state index < -0.39 is 11.5 Å². The molecule has 0 aromatic rings. The molecular formula is C8H13NO3. The van der Waals surface area contributed by atoms with Crippen LogP contribution in [0.1, 0.15) is 26.7 Å². The molecule has 4 nitrogen and oxygen atoms in total. The van der Waals surface area contributed by atoms with Crippen molar-refractivity contribution in [3.05, 3.63) is 0 Å². The molecule has 0 aliphatic carbocycles. The molecule has 0 aromatic heterocycles. The van der Waals surface area contributed by atoms with Gasteiger partial charge in [0.1, 0.15) is 6.61 Å². The maximum Gasteiger partial charge on any atom is 0.413 e. The summed E-state index contributed by atoms with van der Waals surface area (Å²) in [6, 6.07) is 0. The lowest BCUT2D eigenvalue weighted by Gasteiger charge is -2.30. The van der Waals surface area contributed by atoms with Crippen LogP contribution in [0.15, 0.2) is 0 Å². The third-order valence-electron chi connectivity index (χ3n) is 2.09. The lowest BCUT2D eigenvalue weighted by Crippen LogP contribution is -2.50. The summed E-state index contributed by atoms with van der Waals surface area (Å²) in [5.74, 6) is -0.222. The maximum absolute atomic E-state index is 11.3.